The van der Waals surface area contributed by atoms with Crippen molar-refractivity contribution < 1.29 is 13.9 Å². The Labute approximate surface area is 113 Å². The molecule has 2 rings (SSSR count). The van der Waals surface area contributed by atoms with E-state index in [2.05, 4.69) is 23.9 Å². The highest BCUT2D eigenvalue weighted by molar-refractivity contribution is 5.86. The summed E-state index contributed by atoms with van der Waals surface area (Å²) in [5, 5.41) is 3.50. The van der Waals surface area contributed by atoms with Crippen molar-refractivity contribution in [2.45, 2.75) is 32.7 Å². The van der Waals surface area contributed by atoms with Crippen molar-refractivity contribution in [3.05, 3.63) is 29.2 Å². The van der Waals surface area contributed by atoms with Crippen LogP contribution in [0.4, 0.5) is 0 Å². The van der Waals surface area contributed by atoms with Crippen molar-refractivity contribution >= 4 is 12.0 Å². The molecular formula is C15H21NO3. The first kappa shape index (κ1) is 13.9. The van der Waals surface area contributed by atoms with Crippen LogP contribution in [-0.4, -0.2) is 25.7 Å². The summed E-state index contributed by atoms with van der Waals surface area (Å²) in [6.07, 6.45) is 4.56. The van der Waals surface area contributed by atoms with E-state index in [1.807, 2.05) is 6.08 Å². The number of carbonyl (C=O) groups excluding carboxylic acids is 1. The fourth-order valence-electron chi connectivity index (χ4n) is 1.79. The normalized spacial score (nSPS) is 15.9. The minimum atomic E-state index is -0.443. The zero-order chi connectivity index (χ0) is 13.8. The highest BCUT2D eigenvalue weighted by Gasteiger charge is 2.21. The summed E-state index contributed by atoms with van der Waals surface area (Å²) in [5.41, 5.74) is 1.28. The second kappa shape index (κ2) is 6.06. The smallest absolute Gasteiger partial charge is 0.373 e. The van der Waals surface area contributed by atoms with Gasteiger partial charge in [-0.05, 0) is 37.0 Å². The number of nitrogens with one attached hydrogen (secondary N) is 1. The molecule has 1 fully saturated rings. The molecule has 0 aromatic carbocycles. The third-order valence-electron chi connectivity index (χ3n) is 3.25. The van der Waals surface area contributed by atoms with E-state index in [0.29, 0.717) is 17.7 Å². The molecule has 0 saturated heterocycles. The SMILES string of the molecule is COC(=O)c1ccc(C=C(CNC2CC2)C(C)C)o1. The van der Waals surface area contributed by atoms with Crippen LogP contribution in [0.15, 0.2) is 22.1 Å². The molecule has 0 atom stereocenters. The van der Waals surface area contributed by atoms with Crippen molar-refractivity contribution in [1.29, 1.82) is 0 Å². The maximum atomic E-state index is 11.3. The Hall–Kier alpha value is -1.55. The maximum absolute atomic E-state index is 11.3. The first-order chi connectivity index (χ1) is 9.10. The molecule has 1 aliphatic rings. The molecule has 1 N–H and O–H groups in total. The van der Waals surface area contributed by atoms with Gasteiger partial charge in [-0.1, -0.05) is 19.4 Å². The monoisotopic (exact) mass is 263 g/mol. The molecule has 19 heavy (non-hydrogen) atoms. The Balaban J connectivity index is 2.06. The predicted octanol–water partition coefficient (Wildman–Crippen LogP) is 2.86. The minimum Gasteiger partial charge on any atom is -0.463 e. The van der Waals surface area contributed by atoms with Gasteiger partial charge in [0.05, 0.1) is 7.11 Å². The highest BCUT2D eigenvalue weighted by Crippen LogP contribution is 2.21. The lowest BCUT2D eigenvalue weighted by atomic mass is 10.0. The first-order valence-corrected chi connectivity index (χ1v) is 6.72. The quantitative estimate of drug-likeness (QED) is 0.802. The van der Waals surface area contributed by atoms with Crippen LogP contribution in [0.25, 0.3) is 6.08 Å². The number of rotatable bonds is 6. The van der Waals surface area contributed by atoms with E-state index in [9.17, 15) is 4.79 Å². The number of hydrogen-bond acceptors (Lipinski definition) is 4. The molecule has 0 amide bonds. The summed E-state index contributed by atoms with van der Waals surface area (Å²) in [6.45, 7) is 5.19. The summed E-state index contributed by atoms with van der Waals surface area (Å²) >= 11 is 0. The van der Waals surface area contributed by atoms with Gasteiger partial charge in [-0.25, -0.2) is 4.79 Å². The van der Waals surface area contributed by atoms with Crippen LogP contribution >= 0.6 is 0 Å². The van der Waals surface area contributed by atoms with Gasteiger partial charge in [0.25, 0.3) is 0 Å². The molecule has 1 heterocycles. The molecular weight excluding hydrogens is 242 g/mol. The Bertz CT molecular complexity index is 469. The van der Waals surface area contributed by atoms with Gasteiger partial charge < -0.3 is 14.5 Å². The van der Waals surface area contributed by atoms with Gasteiger partial charge in [-0.2, -0.15) is 0 Å². The van der Waals surface area contributed by atoms with Crippen LogP contribution in [0.1, 0.15) is 43.0 Å². The van der Waals surface area contributed by atoms with Crippen LogP contribution in [0, 0.1) is 5.92 Å². The Morgan fingerprint density at radius 1 is 1.53 bits per heavy atom. The molecule has 0 bridgehead atoms. The van der Waals surface area contributed by atoms with Gasteiger partial charge in [-0.3, -0.25) is 0 Å². The third-order valence-corrected chi connectivity index (χ3v) is 3.25. The fraction of sp³-hybridized carbons (Fsp3) is 0.533. The van der Waals surface area contributed by atoms with E-state index in [1.165, 1.54) is 25.5 Å². The number of hydrogen-bond donors (Lipinski definition) is 1. The van der Waals surface area contributed by atoms with Gasteiger partial charge in [0, 0.05) is 12.6 Å². The molecule has 0 spiro atoms. The molecule has 1 aliphatic carbocycles. The number of carbonyl (C=O) groups is 1. The second-order valence-electron chi connectivity index (χ2n) is 5.22. The molecule has 104 valence electrons. The standard InChI is InChI=1S/C15H21NO3/c1-10(2)11(9-16-12-4-5-12)8-13-6-7-14(19-13)15(17)18-3/h6-8,10,12,16H,4-5,9H2,1-3H3. The summed E-state index contributed by atoms with van der Waals surface area (Å²) in [6, 6.07) is 4.12. The predicted molar refractivity (Wildman–Crippen MR) is 73.9 cm³/mol. The number of furan rings is 1. The molecule has 1 aromatic heterocycles. The van der Waals surface area contributed by atoms with Crippen LogP contribution in [0.3, 0.4) is 0 Å². The topological polar surface area (TPSA) is 51.5 Å². The molecule has 4 heteroatoms. The van der Waals surface area contributed by atoms with E-state index in [4.69, 9.17) is 4.42 Å². The van der Waals surface area contributed by atoms with E-state index >= 15 is 0 Å². The van der Waals surface area contributed by atoms with Gasteiger partial charge in [0.1, 0.15) is 5.76 Å². The number of esters is 1. The van der Waals surface area contributed by atoms with E-state index in [1.54, 1.807) is 12.1 Å². The summed E-state index contributed by atoms with van der Waals surface area (Å²) in [5.74, 6) is 0.938. The summed E-state index contributed by atoms with van der Waals surface area (Å²) in [4.78, 5) is 11.3. The van der Waals surface area contributed by atoms with Gasteiger partial charge in [0.2, 0.25) is 5.76 Å². The lowest BCUT2D eigenvalue weighted by Crippen LogP contribution is -2.21. The molecule has 4 nitrogen and oxygen atoms in total. The van der Waals surface area contributed by atoms with E-state index in [0.717, 1.165) is 6.54 Å². The van der Waals surface area contributed by atoms with Crippen molar-refractivity contribution in [3.63, 3.8) is 0 Å². The number of ether oxygens (including phenoxy) is 1. The largest absolute Gasteiger partial charge is 0.463 e. The molecule has 1 saturated carbocycles. The van der Waals surface area contributed by atoms with Crippen LogP contribution in [0.5, 0.6) is 0 Å². The summed E-state index contributed by atoms with van der Waals surface area (Å²) < 4.78 is 10.1. The van der Waals surface area contributed by atoms with Crippen molar-refractivity contribution in [2.24, 2.45) is 5.92 Å². The highest BCUT2D eigenvalue weighted by atomic mass is 16.5. The zero-order valence-corrected chi connectivity index (χ0v) is 11.7. The van der Waals surface area contributed by atoms with Gasteiger partial charge in [-0.15, -0.1) is 0 Å². The van der Waals surface area contributed by atoms with Crippen molar-refractivity contribution in [3.8, 4) is 0 Å². The Morgan fingerprint density at radius 2 is 2.26 bits per heavy atom. The molecule has 0 unspecified atom stereocenters. The van der Waals surface area contributed by atoms with Crippen LogP contribution in [0.2, 0.25) is 0 Å². The maximum Gasteiger partial charge on any atom is 0.373 e. The Morgan fingerprint density at radius 3 is 2.84 bits per heavy atom. The van der Waals surface area contributed by atoms with Gasteiger partial charge >= 0.3 is 5.97 Å². The summed E-state index contributed by atoms with van der Waals surface area (Å²) in [7, 11) is 1.35. The molecule has 0 radical (unpaired) electrons. The van der Waals surface area contributed by atoms with E-state index in [-0.39, 0.29) is 5.76 Å². The zero-order valence-electron chi connectivity index (χ0n) is 11.7. The average molecular weight is 263 g/mol. The molecule has 0 aliphatic heterocycles. The van der Waals surface area contributed by atoms with Crippen molar-refractivity contribution in [1.82, 2.24) is 5.32 Å². The molecule has 1 aromatic rings. The van der Waals surface area contributed by atoms with Crippen LogP contribution < -0.4 is 5.32 Å². The third kappa shape index (κ3) is 3.96. The minimum absolute atomic E-state index is 0.243. The second-order valence-corrected chi connectivity index (χ2v) is 5.22. The van der Waals surface area contributed by atoms with Gasteiger partial charge in [0.15, 0.2) is 0 Å². The Kier molecular flexibility index (Phi) is 4.43. The lowest BCUT2D eigenvalue weighted by molar-refractivity contribution is 0.0564. The van der Waals surface area contributed by atoms with Crippen molar-refractivity contribution in [2.75, 3.05) is 13.7 Å². The fourth-order valence-corrected chi connectivity index (χ4v) is 1.79. The number of methoxy groups -OCH3 is 1. The van der Waals surface area contributed by atoms with Crippen LogP contribution in [-0.2, 0) is 4.74 Å². The average Bonchev–Trinajstić information content (AvgIpc) is 3.10. The lowest BCUT2D eigenvalue weighted by Gasteiger charge is -2.11. The first-order valence-electron chi connectivity index (χ1n) is 6.72. The van der Waals surface area contributed by atoms with E-state index < -0.39 is 5.97 Å².